The number of carboxylic acid groups (broad SMARTS) is 1. The topological polar surface area (TPSA) is 101 Å². The molecule has 2 atom stereocenters. The lowest BCUT2D eigenvalue weighted by atomic mass is 9.89. The number of carbonyl (C=O) groups excluding carboxylic acids is 2. The van der Waals surface area contributed by atoms with Gasteiger partial charge in [0.1, 0.15) is 0 Å². The largest absolute Gasteiger partial charge is 0.481 e. The molecule has 1 rings (SSSR count). The number of carbonyl (C=O) groups is 3. The predicted molar refractivity (Wildman–Crippen MR) is 82.7 cm³/mol. The van der Waals surface area contributed by atoms with Gasteiger partial charge in [-0.25, -0.2) is 4.79 Å². The van der Waals surface area contributed by atoms with Gasteiger partial charge in [-0.3, -0.25) is 9.59 Å². The third kappa shape index (κ3) is 6.04. The van der Waals surface area contributed by atoms with E-state index in [0.29, 0.717) is 0 Å². The second kappa shape index (κ2) is 8.85. The first-order valence-corrected chi connectivity index (χ1v) is 7.12. The molecular weight excluding hydrogens is 300 g/mol. The molecule has 23 heavy (non-hydrogen) atoms. The zero-order valence-corrected chi connectivity index (χ0v) is 12.9. The van der Waals surface area contributed by atoms with Gasteiger partial charge in [0.25, 0.3) is 0 Å². The number of Topliss-reactive ketones (excluding diaryl/α,β-unsaturated/α-hetero) is 1. The van der Waals surface area contributed by atoms with Gasteiger partial charge >= 0.3 is 11.9 Å². The summed E-state index contributed by atoms with van der Waals surface area (Å²) in [6.07, 6.45) is -1.62. The van der Waals surface area contributed by atoms with Crippen LogP contribution in [-0.4, -0.2) is 40.6 Å². The second-order valence-corrected chi connectivity index (χ2v) is 5.24. The molecule has 0 amide bonds. The lowest BCUT2D eigenvalue weighted by Gasteiger charge is -2.20. The second-order valence-electron chi connectivity index (χ2n) is 5.24. The van der Waals surface area contributed by atoms with Crippen LogP contribution in [0.3, 0.4) is 0 Å². The van der Waals surface area contributed by atoms with E-state index in [0.717, 1.165) is 5.56 Å². The van der Waals surface area contributed by atoms with Gasteiger partial charge < -0.3 is 14.9 Å². The molecule has 6 nitrogen and oxygen atoms in total. The van der Waals surface area contributed by atoms with Crippen LogP contribution in [0.4, 0.5) is 0 Å². The number of rotatable bonds is 9. The number of ketones is 1. The van der Waals surface area contributed by atoms with Crippen molar-refractivity contribution in [2.45, 2.75) is 25.9 Å². The number of benzene rings is 1. The smallest absolute Gasteiger partial charge is 0.333 e. The van der Waals surface area contributed by atoms with Crippen molar-refractivity contribution in [2.75, 3.05) is 6.61 Å². The molecule has 0 aliphatic carbocycles. The normalized spacial score (nSPS) is 13.0. The maximum absolute atomic E-state index is 12.4. The molecule has 0 aromatic heterocycles. The monoisotopic (exact) mass is 320 g/mol. The lowest BCUT2D eigenvalue weighted by Crippen LogP contribution is -2.37. The van der Waals surface area contributed by atoms with Crippen LogP contribution >= 0.6 is 0 Å². The molecule has 0 aliphatic rings. The summed E-state index contributed by atoms with van der Waals surface area (Å²) < 4.78 is 4.89. The van der Waals surface area contributed by atoms with Crippen molar-refractivity contribution in [1.29, 1.82) is 0 Å². The number of aliphatic carboxylic acids is 1. The van der Waals surface area contributed by atoms with E-state index in [1.54, 1.807) is 24.3 Å². The summed E-state index contributed by atoms with van der Waals surface area (Å²) in [4.78, 5) is 35.0. The first-order valence-electron chi connectivity index (χ1n) is 7.12. The van der Waals surface area contributed by atoms with Crippen molar-refractivity contribution in [3.8, 4) is 0 Å². The fourth-order valence-electron chi connectivity index (χ4n) is 2.06. The van der Waals surface area contributed by atoms with Crippen molar-refractivity contribution in [3.05, 3.63) is 48.0 Å². The van der Waals surface area contributed by atoms with Crippen LogP contribution < -0.4 is 0 Å². The number of hydrogen-bond acceptors (Lipinski definition) is 5. The summed E-state index contributed by atoms with van der Waals surface area (Å²) in [5.41, 5.74) is 0.879. The Morgan fingerprint density at radius 3 is 2.30 bits per heavy atom. The minimum absolute atomic E-state index is 0.0918. The molecule has 0 radical (unpaired) electrons. The van der Waals surface area contributed by atoms with E-state index in [-0.39, 0.29) is 12.0 Å². The summed E-state index contributed by atoms with van der Waals surface area (Å²) in [5, 5.41) is 18.3. The highest BCUT2D eigenvalue weighted by Crippen LogP contribution is 2.17. The molecule has 1 aromatic carbocycles. The standard InChI is InChI=1S/C17H20O6/c1-11(2)17(22)23-14(10-18)16(21)13(9-15(19)20)8-12-6-4-3-5-7-12/h3-7,13-14,18H,1,8-10H2,2H3,(H,19,20). The van der Waals surface area contributed by atoms with Gasteiger partial charge in [-0.2, -0.15) is 0 Å². The van der Waals surface area contributed by atoms with Gasteiger partial charge in [0.2, 0.25) is 0 Å². The van der Waals surface area contributed by atoms with Gasteiger partial charge in [-0.1, -0.05) is 36.9 Å². The number of ether oxygens (including phenoxy) is 1. The highest BCUT2D eigenvalue weighted by Gasteiger charge is 2.31. The highest BCUT2D eigenvalue weighted by molar-refractivity contribution is 5.93. The zero-order valence-electron chi connectivity index (χ0n) is 12.9. The summed E-state index contributed by atoms with van der Waals surface area (Å²) in [5.74, 6) is -3.45. The van der Waals surface area contributed by atoms with Crippen LogP contribution in [0.2, 0.25) is 0 Å². The molecule has 0 heterocycles. The summed E-state index contributed by atoms with van der Waals surface area (Å²) >= 11 is 0. The predicted octanol–water partition coefficient (Wildman–Crippen LogP) is 1.37. The fourth-order valence-corrected chi connectivity index (χ4v) is 2.06. The molecule has 0 saturated carbocycles. The van der Waals surface area contributed by atoms with Crippen molar-refractivity contribution < 1.29 is 29.3 Å². The Hall–Kier alpha value is -2.47. The molecule has 124 valence electrons. The van der Waals surface area contributed by atoms with Crippen LogP contribution in [0.25, 0.3) is 0 Å². The van der Waals surface area contributed by atoms with Crippen molar-refractivity contribution in [2.24, 2.45) is 5.92 Å². The number of carboxylic acids is 1. The maximum Gasteiger partial charge on any atom is 0.333 e. The Morgan fingerprint density at radius 2 is 1.83 bits per heavy atom. The van der Waals surface area contributed by atoms with E-state index in [1.165, 1.54) is 6.92 Å². The Labute approximate surface area is 134 Å². The average Bonchev–Trinajstić information content (AvgIpc) is 2.51. The van der Waals surface area contributed by atoms with E-state index >= 15 is 0 Å². The number of esters is 1. The molecule has 0 saturated heterocycles. The van der Waals surface area contributed by atoms with Crippen LogP contribution in [-0.2, 0) is 25.5 Å². The number of hydrogen-bond donors (Lipinski definition) is 2. The third-order valence-corrected chi connectivity index (χ3v) is 3.23. The molecule has 2 unspecified atom stereocenters. The maximum atomic E-state index is 12.4. The van der Waals surface area contributed by atoms with Crippen LogP contribution in [0, 0.1) is 5.92 Å². The summed E-state index contributed by atoms with van der Waals surface area (Å²) in [6.45, 7) is 4.11. The van der Waals surface area contributed by atoms with Gasteiger partial charge in [-0.05, 0) is 18.9 Å². The average molecular weight is 320 g/mol. The Kier molecular flexibility index (Phi) is 7.15. The first-order chi connectivity index (χ1) is 10.8. The molecule has 0 bridgehead atoms. The quantitative estimate of drug-likeness (QED) is 0.526. The summed E-state index contributed by atoms with van der Waals surface area (Å²) in [7, 11) is 0. The van der Waals surface area contributed by atoms with Crippen molar-refractivity contribution >= 4 is 17.7 Å². The van der Waals surface area contributed by atoms with Crippen LogP contribution in [0.1, 0.15) is 18.9 Å². The number of aliphatic hydroxyl groups is 1. The van der Waals surface area contributed by atoms with Crippen molar-refractivity contribution in [3.63, 3.8) is 0 Å². The Bertz CT molecular complexity index is 578. The lowest BCUT2D eigenvalue weighted by molar-refractivity contribution is -0.156. The van der Waals surface area contributed by atoms with Crippen LogP contribution in [0.5, 0.6) is 0 Å². The fraction of sp³-hybridized carbons (Fsp3) is 0.353. The number of aliphatic hydroxyl groups excluding tert-OH is 1. The Balaban J connectivity index is 2.90. The van der Waals surface area contributed by atoms with Gasteiger partial charge in [0.05, 0.1) is 13.0 Å². The van der Waals surface area contributed by atoms with Gasteiger partial charge in [-0.15, -0.1) is 0 Å². The van der Waals surface area contributed by atoms with Crippen molar-refractivity contribution in [1.82, 2.24) is 0 Å². The summed E-state index contributed by atoms with van der Waals surface area (Å²) in [6, 6.07) is 8.92. The molecule has 0 fully saturated rings. The van der Waals surface area contributed by atoms with E-state index in [1.807, 2.05) is 6.07 Å². The molecular formula is C17H20O6. The van der Waals surface area contributed by atoms with E-state index in [4.69, 9.17) is 9.84 Å². The third-order valence-electron chi connectivity index (χ3n) is 3.23. The zero-order chi connectivity index (χ0) is 17.4. The SMILES string of the molecule is C=C(C)C(=O)OC(CO)C(=O)C(CC(=O)O)Cc1ccccc1. The minimum atomic E-state index is -1.40. The first kappa shape index (κ1) is 18.6. The Morgan fingerprint density at radius 1 is 1.22 bits per heavy atom. The molecule has 1 aromatic rings. The molecule has 0 aliphatic heterocycles. The molecule has 0 spiro atoms. The van der Waals surface area contributed by atoms with Gasteiger partial charge in [0.15, 0.2) is 11.9 Å². The van der Waals surface area contributed by atoms with E-state index in [9.17, 15) is 19.5 Å². The van der Waals surface area contributed by atoms with Gasteiger partial charge in [0, 0.05) is 11.5 Å². The highest BCUT2D eigenvalue weighted by atomic mass is 16.6. The van der Waals surface area contributed by atoms with Crippen LogP contribution in [0.15, 0.2) is 42.5 Å². The van der Waals surface area contributed by atoms with E-state index in [2.05, 4.69) is 6.58 Å². The molecule has 2 N–H and O–H groups in total. The minimum Gasteiger partial charge on any atom is -0.481 e. The van der Waals surface area contributed by atoms with E-state index < -0.39 is 42.8 Å². The molecule has 6 heteroatoms.